The Kier molecular flexibility index (Phi) is 5.92. The molecule has 0 heterocycles. The maximum Gasteiger partial charge on any atom is 0.326 e. The van der Waals surface area contributed by atoms with Crippen molar-refractivity contribution < 1.29 is 33.7 Å². The van der Waals surface area contributed by atoms with Crippen LogP contribution in [0.1, 0.15) is 6.42 Å². The molecule has 7 nitrogen and oxygen atoms in total. The van der Waals surface area contributed by atoms with Crippen molar-refractivity contribution in [3.8, 4) is 5.75 Å². The molecule has 21 heavy (non-hydrogen) atoms. The van der Waals surface area contributed by atoms with E-state index in [4.69, 9.17) is 26.6 Å². The second kappa shape index (κ2) is 7.44. The van der Waals surface area contributed by atoms with Crippen molar-refractivity contribution in [2.24, 2.45) is 0 Å². The number of carbonyl (C=O) groups is 3. The summed E-state index contributed by atoms with van der Waals surface area (Å²) in [6.07, 6.45) is -0.765. The van der Waals surface area contributed by atoms with Gasteiger partial charge in [0, 0.05) is 0 Å². The van der Waals surface area contributed by atoms with Crippen LogP contribution in [0.5, 0.6) is 5.75 Å². The normalized spacial score (nSPS) is 11.5. The number of rotatable bonds is 7. The molecule has 0 bridgehead atoms. The Morgan fingerprint density at radius 2 is 2.00 bits per heavy atom. The van der Waals surface area contributed by atoms with E-state index in [1.54, 1.807) is 0 Å². The number of carbonyl (C=O) groups excluding carboxylic acids is 1. The fourth-order valence-corrected chi connectivity index (χ4v) is 1.57. The van der Waals surface area contributed by atoms with Gasteiger partial charge in [-0.2, -0.15) is 0 Å². The van der Waals surface area contributed by atoms with Crippen LogP contribution in [0.15, 0.2) is 18.2 Å². The van der Waals surface area contributed by atoms with Crippen LogP contribution in [0, 0.1) is 5.82 Å². The Bertz CT molecular complexity index is 565. The lowest BCUT2D eigenvalue weighted by Gasteiger charge is -2.13. The van der Waals surface area contributed by atoms with Crippen LogP contribution in [-0.2, 0) is 14.4 Å². The largest absolute Gasteiger partial charge is 0.482 e. The fraction of sp³-hybridized carbons (Fsp3) is 0.250. The van der Waals surface area contributed by atoms with Crippen molar-refractivity contribution in [1.29, 1.82) is 0 Å². The lowest BCUT2D eigenvalue weighted by atomic mass is 10.2. The highest BCUT2D eigenvalue weighted by atomic mass is 35.5. The number of hydrogen-bond donors (Lipinski definition) is 3. The number of amides is 1. The molecule has 1 aromatic carbocycles. The summed E-state index contributed by atoms with van der Waals surface area (Å²) >= 11 is 5.67. The Morgan fingerprint density at radius 1 is 1.33 bits per heavy atom. The zero-order valence-corrected chi connectivity index (χ0v) is 11.3. The Balaban J connectivity index is 2.56. The van der Waals surface area contributed by atoms with Gasteiger partial charge in [-0.05, 0) is 18.2 Å². The summed E-state index contributed by atoms with van der Waals surface area (Å²) in [6, 6.07) is 1.70. The number of hydrogen-bond acceptors (Lipinski definition) is 4. The van der Waals surface area contributed by atoms with Crippen LogP contribution in [-0.4, -0.2) is 40.7 Å². The number of carboxylic acid groups (broad SMARTS) is 2. The number of aliphatic carboxylic acids is 2. The molecule has 0 unspecified atom stereocenters. The molecule has 114 valence electrons. The van der Waals surface area contributed by atoms with Crippen molar-refractivity contribution in [3.05, 3.63) is 29.0 Å². The van der Waals surface area contributed by atoms with Gasteiger partial charge in [-0.15, -0.1) is 0 Å². The standard InChI is InChI=1S/C12H11ClFNO6/c13-7-3-6(14)1-2-9(7)21-5-10(16)15-8(12(19)20)4-11(17)18/h1-3,8H,4-5H2,(H,15,16)(H,17,18)(H,19,20)/t8-/m1/s1. The van der Waals surface area contributed by atoms with Gasteiger partial charge in [-0.25, -0.2) is 9.18 Å². The van der Waals surface area contributed by atoms with Crippen molar-refractivity contribution in [3.63, 3.8) is 0 Å². The molecule has 0 fully saturated rings. The number of halogens is 2. The zero-order valence-electron chi connectivity index (χ0n) is 10.5. The molecule has 0 aliphatic rings. The summed E-state index contributed by atoms with van der Waals surface area (Å²) in [5, 5.41) is 19.2. The van der Waals surface area contributed by atoms with Gasteiger partial charge in [0.2, 0.25) is 0 Å². The maximum absolute atomic E-state index is 12.8. The Labute approximate surface area is 123 Å². The van der Waals surface area contributed by atoms with E-state index >= 15 is 0 Å². The minimum Gasteiger partial charge on any atom is -0.482 e. The first-order valence-corrected chi connectivity index (χ1v) is 5.99. The smallest absolute Gasteiger partial charge is 0.326 e. The van der Waals surface area contributed by atoms with E-state index in [-0.39, 0.29) is 10.8 Å². The van der Waals surface area contributed by atoms with Gasteiger partial charge in [-0.1, -0.05) is 11.6 Å². The average Bonchev–Trinajstić information content (AvgIpc) is 2.36. The van der Waals surface area contributed by atoms with Gasteiger partial charge in [0.1, 0.15) is 17.6 Å². The minimum atomic E-state index is -1.57. The second-order valence-electron chi connectivity index (χ2n) is 3.92. The summed E-state index contributed by atoms with van der Waals surface area (Å²) in [4.78, 5) is 32.7. The van der Waals surface area contributed by atoms with E-state index < -0.39 is 42.7 Å². The average molecular weight is 320 g/mol. The molecule has 0 radical (unpaired) electrons. The van der Waals surface area contributed by atoms with Crippen molar-refractivity contribution in [2.45, 2.75) is 12.5 Å². The zero-order chi connectivity index (χ0) is 16.0. The molecule has 0 saturated carbocycles. The summed E-state index contributed by atoms with van der Waals surface area (Å²) in [5.74, 6) is -4.23. The van der Waals surface area contributed by atoms with Gasteiger partial charge in [0.05, 0.1) is 11.4 Å². The van der Waals surface area contributed by atoms with Crippen molar-refractivity contribution in [2.75, 3.05) is 6.61 Å². The van der Waals surface area contributed by atoms with Crippen LogP contribution >= 0.6 is 11.6 Å². The molecule has 0 spiro atoms. The predicted molar refractivity (Wildman–Crippen MR) is 68.7 cm³/mol. The summed E-state index contributed by atoms with van der Waals surface area (Å²) in [7, 11) is 0. The maximum atomic E-state index is 12.8. The fourth-order valence-electron chi connectivity index (χ4n) is 1.35. The first-order chi connectivity index (χ1) is 9.79. The van der Waals surface area contributed by atoms with E-state index in [0.29, 0.717) is 0 Å². The van der Waals surface area contributed by atoms with Crippen molar-refractivity contribution >= 4 is 29.4 Å². The molecule has 3 N–H and O–H groups in total. The second-order valence-corrected chi connectivity index (χ2v) is 4.33. The van der Waals surface area contributed by atoms with Gasteiger partial charge in [0.25, 0.3) is 5.91 Å². The third-order valence-electron chi connectivity index (χ3n) is 2.26. The SMILES string of the molecule is O=C(O)C[C@@H](NC(=O)COc1ccc(F)cc1Cl)C(=O)O. The molecular weight excluding hydrogens is 309 g/mol. The third-order valence-corrected chi connectivity index (χ3v) is 2.56. The first kappa shape index (κ1) is 16.7. The Hall–Kier alpha value is -2.35. The minimum absolute atomic E-state index is 0.0401. The van der Waals surface area contributed by atoms with Crippen molar-refractivity contribution in [1.82, 2.24) is 5.32 Å². The van der Waals surface area contributed by atoms with Crippen LogP contribution in [0.3, 0.4) is 0 Å². The molecule has 1 rings (SSSR count). The quantitative estimate of drug-likeness (QED) is 0.688. The van der Waals surface area contributed by atoms with Crippen LogP contribution in [0.25, 0.3) is 0 Å². The molecule has 0 saturated heterocycles. The van der Waals surface area contributed by atoms with Crippen LogP contribution in [0.4, 0.5) is 4.39 Å². The van der Waals surface area contributed by atoms with Gasteiger partial charge >= 0.3 is 11.9 Å². The summed E-state index contributed by atoms with van der Waals surface area (Å²) in [6.45, 7) is -0.589. The molecular formula is C12H11ClFNO6. The molecule has 0 aliphatic carbocycles. The van der Waals surface area contributed by atoms with E-state index in [1.807, 2.05) is 5.32 Å². The molecule has 9 heteroatoms. The number of carboxylic acids is 2. The van der Waals surface area contributed by atoms with Gasteiger partial charge in [-0.3, -0.25) is 9.59 Å². The summed E-state index contributed by atoms with van der Waals surface area (Å²) < 4.78 is 17.8. The van der Waals surface area contributed by atoms with Gasteiger partial charge < -0.3 is 20.3 Å². The molecule has 0 aromatic heterocycles. The summed E-state index contributed by atoms with van der Waals surface area (Å²) in [5.41, 5.74) is 0. The van der Waals surface area contributed by atoms with Gasteiger partial charge in [0.15, 0.2) is 6.61 Å². The number of nitrogens with one attached hydrogen (secondary N) is 1. The lowest BCUT2D eigenvalue weighted by molar-refractivity contribution is -0.147. The van der Waals surface area contributed by atoms with Crippen LogP contribution in [0.2, 0.25) is 5.02 Å². The highest BCUT2D eigenvalue weighted by molar-refractivity contribution is 6.32. The molecule has 1 amide bonds. The first-order valence-electron chi connectivity index (χ1n) is 5.61. The van der Waals surface area contributed by atoms with E-state index in [0.717, 1.165) is 12.1 Å². The van der Waals surface area contributed by atoms with E-state index in [2.05, 4.69) is 0 Å². The predicted octanol–water partition coefficient (Wildman–Crippen LogP) is 0.902. The monoisotopic (exact) mass is 319 g/mol. The third kappa shape index (κ3) is 5.65. The molecule has 1 atom stereocenters. The molecule has 1 aromatic rings. The molecule has 0 aliphatic heterocycles. The van der Waals surface area contributed by atoms with Crippen LogP contribution < -0.4 is 10.1 Å². The van der Waals surface area contributed by atoms with E-state index in [9.17, 15) is 18.8 Å². The Morgan fingerprint density at radius 3 is 2.52 bits per heavy atom. The topological polar surface area (TPSA) is 113 Å². The highest BCUT2D eigenvalue weighted by Gasteiger charge is 2.23. The van der Waals surface area contributed by atoms with E-state index in [1.165, 1.54) is 6.07 Å². The number of ether oxygens (including phenoxy) is 1. The highest BCUT2D eigenvalue weighted by Crippen LogP contribution is 2.24. The number of benzene rings is 1. The lowest BCUT2D eigenvalue weighted by Crippen LogP contribution is -2.44.